The van der Waals surface area contributed by atoms with Crippen LogP contribution in [0.3, 0.4) is 0 Å². The van der Waals surface area contributed by atoms with Crippen molar-refractivity contribution in [1.82, 2.24) is 15.5 Å². The summed E-state index contributed by atoms with van der Waals surface area (Å²) in [6.45, 7) is 5.76. The molecule has 1 aliphatic heterocycles. The summed E-state index contributed by atoms with van der Waals surface area (Å²) in [7, 11) is 2.10. The number of piperazine rings is 1. The zero-order chi connectivity index (χ0) is 22.4. The maximum atomic E-state index is 12.5. The predicted octanol–water partition coefficient (Wildman–Crippen LogP) is 1.78. The minimum absolute atomic E-state index is 0.134. The molecule has 9 nitrogen and oxygen atoms in total. The number of carbonyl (C=O) groups is 2. The zero-order valence-corrected chi connectivity index (χ0v) is 17.7. The molecule has 2 N–H and O–H groups in total. The number of amides is 2. The number of rotatable bonds is 7. The number of likely N-dealkylation sites (N-methyl/N-ethyl adjacent to an activating group) is 1. The molecular formula is C22H27N5O4. The number of nitrogens with one attached hydrogen (secondary N) is 2. The predicted molar refractivity (Wildman–Crippen MR) is 118 cm³/mol. The Bertz CT molecular complexity index is 956. The van der Waals surface area contributed by atoms with E-state index >= 15 is 0 Å². The number of hydrogen-bond acceptors (Lipinski definition) is 6. The number of anilines is 1. The largest absolute Gasteiger partial charge is 0.369 e. The van der Waals surface area contributed by atoms with Crippen LogP contribution in [0.25, 0.3) is 0 Å². The van der Waals surface area contributed by atoms with Gasteiger partial charge in [0.2, 0.25) is 5.91 Å². The fraction of sp³-hybridized carbons (Fsp3) is 0.364. The lowest BCUT2D eigenvalue weighted by Gasteiger charge is -2.35. The van der Waals surface area contributed by atoms with Crippen molar-refractivity contribution >= 4 is 23.2 Å². The quantitative estimate of drug-likeness (QED) is 0.517. The van der Waals surface area contributed by atoms with Gasteiger partial charge in [-0.05, 0) is 31.7 Å². The third-order valence-electron chi connectivity index (χ3n) is 5.35. The second-order valence-electron chi connectivity index (χ2n) is 7.64. The first kappa shape index (κ1) is 22.2. The molecule has 31 heavy (non-hydrogen) atoms. The van der Waals surface area contributed by atoms with Crippen LogP contribution in [-0.4, -0.2) is 60.9 Å². The summed E-state index contributed by atoms with van der Waals surface area (Å²) in [4.78, 5) is 39.8. The highest BCUT2D eigenvalue weighted by Gasteiger charge is 2.20. The van der Waals surface area contributed by atoms with Crippen LogP contribution in [0.4, 0.5) is 11.4 Å². The minimum Gasteiger partial charge on any atom is -0.369 e. The number of nitro groups is 1. The highest BCUT2D eigenvalue weighted by molar-refractivity contribution is 5.97. The Hall–Kier alpha value is -3.46. The number of non-ortho nitro benzene ring substituents is 1. The van der Waals surface area contributed by atoms with Crippen LogP contribution in [0.15, 0.2) is 48.5 Å². The van der Waals surface area contributed by atoms with Gasteiger partial charge in [0.15, 0.2) is 0 Å². The fourth-order valence-electron chi connectivity index (χ4n) is 3.46. The molecule has 3 rings (SSSR count). The molecule has 2 amide bonds. The molecule has 1 aliphatic rings. The number of benzene rings is 2. The number of nitrogens with zero attached hydrogens (tertiary/aromatic N) is 3. The monoisotopic (exact) mass is 425 g/mol. The Labute approximate surface area is 181 Å². The van der Waals surface area contributed by atoms with Gasteiger partial charge in [-0.1, -0.05) is 24.3 Å². The topological polar surface area (TPSA) is 108 Å². The molecule has 1 atom stereocenters. The van der Waals surface area contributed by atoms with Gasteiger partial charge in [-0.15, -0.1) is 0 Å². The SMILES string of the molecule is CC(NC(=O)c1cccc([N+](=O)[O-])c1)C(=O)NCc1ccccc1N1CCN(C)CC1. The average Bonchev–Trinajstić information content (AvgIpc) is 2.78. The van der Waals surface area contributed by atoms with Crippen LogP contribution >= 0.6 is 0 Å². The highest BCUT2D eigenvalue weighted by Crippen LogP contribution is 2.21. The van der Waals surface area contributed by atoms with Crippen molar-refractivity contribution in [2.45, 2.75) is 19.5 Å². The molecule has 0 radical (unpaired) electrons. The lowest BCUT2D eigenvalue weighted by atomic mass is 10.1. The van der Waals surface area contributed by atoms with Crippen molar-refractivity contribution in [3.63, 3.8) is 0 Å². The molecule has 1 heterocycles. The molecule has 164 valence electrons. The average molecular weight is 425 g/mol. The summed E-state index contributed by atoms with van der Waals surface area (Å²) in [5.41, 5.74) is 2.07. The van der Waals surface area contributed by atoms with Gasteiger partial charge < -0.3 is 20.4 Å². The van der Waals surface area contributed by atoms with Crippen molar-refractivity contribution in [3.05, 3.63) is 69.8 Å². The summed E-state index contributed by atoms with van der Waals surface area (Å²) in [5.74, 6) is -0.865. The highest BCUT2D eigenvalue weighted by atomic mass is 16.6. The summed E-state index contributed by atoms with van der Waals surface area (Å²) in [6, 6.07) is 12.6. The van der Waals surface area contributed by atoms with E-state index in [1.165, 1.54) is 24.3 Å². The number of nitro benzene ring substituents is 1. The molecule has 1 unspecified atom stereocenters. The standard InChI is InChI=1S/C22H27N5O4/c1-16(24-22(29)17-7-5-8-19(14-17)27(30)31)21(28)23-15-18-6-3-4-9-20(18)26-12-10-25(2)11-13-26/h3-9,14,16H,10-13,15H2,1-2H3,(H,23,28)(H,24,29). The number of carbonyl (C=O) groups excluding carboxylic acids is 2. The van der Waals surface area contributed by atoms with E-state index in [1.807, 2.05) is 18.2 Å². The van der Waals surface area contributed by atoms with Crippen LogP contribution in [0.5, 0.6) is 0 Å². The Morgan fingerprint density at radius 2 is 1.81 bits per heavy atom. The van der Waals surface area contributed by atoms with Crippen LogP contribution < -0.4 is 15.5 Å². The van der Waals surface area contributed by atoms with Gasteiger partial charge in [-0.3, -0.25) is 19.7 Å². The van der Waals surface area contributed by atoms with Crippen molar-refractivity contribution in [1.29, 1.82) is 0 Å². The number of hydrogen-bond donors (Lipinski definition) is 2. The van der Waals surface area contributed by atoms with Crippen molar-refractivity contribution in [3.8, 4) is 0 Å². The van der Waals surface area contributed by atoms with Crippen molar-refractivity contribution in [2.75, 3.05) is 38.1 Å². The van der Waals surface area contributed by atoms with E-state index in [4.69, 9.17) is 0 Å². The van der Waals surface area contributed by atoms with Gasteiger partial charge >= 0.3 is 0 Å². The third-order valence-corrected chi connectivity index (χ3v) is 5.35. The molecule has 0 saturated carbocycles. The molecule has 0 aliphatic carbocycles. The van der Waals surface area contributed by atoms with Gasteiger partial charge in [0, 0.05) is 56.1 Å². The Morgan fingerprint density at radius 3 is 2.52 bits per heavy atom. The van der Waals surface area contributed by atoms with E-state index in [-0.39, 0.29) is 17.2 Å². The Balaban J connectivity index is 1.58. The van der Waals surface area contributed by atoms with E-state index in [0.717, 1.165) is 37.4 Å². The van der Waals surface area contributed by atoms with E-state index in [0.29, 0.717) is 6.54 Å². The molecule has 2 aromatic rings. The second kappa shape index (κ2) is 10.0. The van der Waals surface area contributed by atoms with E-state index < -0.39 is 16.9 Å². The lowest BCUT2D eigenvalue weighted by molar-refractivity contribution is -0.384. The fourth-order valence-corrected chi connectivity index (χ4v) is 3.46. The van der Waals surface area contributed by atoms with Crippen LogP contribution in [0, 0.1) is 10.1 Å². The maximum absolute atomic E-state index is 12.5. The molecular weight excluding hydrogens is 398 g/mol. The molecule has 0 aromatic heterocycles. The first-order valence-corrected chi connectivity index (χ1v) is 10.2. The zero-order valence-electron chi connectivity index (χ0n) is 17.7. The molecule has 9 heteroatoms. The van der Waals surface area contributed by atoms with Crippen LogP contribution in [0.2, 0.25) is 0 Å². The minimum atomic E-state index is -0.789. The summed E-state index contributed by atoms with van der Waals surface area (Å²) >= 11 is 0. The third kappa shape index (κ3) is 5.79. The van der Waals surface area contributed by atoms with Gasteiger partial charge in [-0.2, -0.15) is 0 Å². The maximum Gasteiger partial charge on any atom is 0.270 e. The van der Waals surface area contributed by atoms with Crippen molar-refractivity contribution < 1.29 is 14.5 Å². The van der Waals surface area contributed by atoms with Crippen LogP contribution in [0.1, 0.15) is 22.8 Å². The molecule has 0 bridgehead atoms. The first-order chi connectivity index (χ1) is 14.8. The second-order valence-corrected chi connectivity index (χ2v) is 7.64. The van der Waals surface area contributed by atoms with Crippen LogP contribution in [-0.2, 0) is 11.3 Å². The van der Waals surface area contributed by atoms with E-state index in [2.05, 4.69) is 33.5 Å². The Kier molecular flexibility index (Phi) is 7.19. The van der Waals surface area contributed by atoms with E-state index in [9.17, 15) is 19.7 Å². The summed E-state index contributed by atoms with van der Waals surface area (Å²) in [6.07, 6.45) is 0. The first-order valence-electron chi connectivity index (χ1n) is 10.2. The van der Waals surface area contributed by atoms with Gasteiger partial charge in [0.05, 0.1) is 4.92 Å². The smallest absolute Gasteiger partial charge is 0.270 e. The Morgan fingerprint density at radius 1 is 1.10 bits per heavy atom. The molecule has 1 fully saturated rings. The van der Waals surface area contributed by atoms with Gasteiger partial charge in [0.1, 0.15) is 6.04 Å². The van der Waals surface area contributed by atoms with Crippen molar-refractivity contribution in [2.24, 2.45) is 0 Å². The van der Waals surface area contributed by atoms with E-state index in [1.54, 1.807) is 6.92 Å². The summed E-state index contributed by atoms with van der Waals surface area (Å²) in [5, 5.41) is 16.4. The van der Waals surface area contributed by atoms with Gasteiger partial charge in [0.25, 0.3) is 11.6 Å². The summed E-state index contributed by atoms with van der Waals surface area (Å²) < 4.78 is 0. The molecule has 0 spiro atoms. The lowest BCUT2D eigenvalue weighted by Crippen LogP contribution is -2.46. The molecule has 2 aromatic carbocycles. The molecule has 1 saturated heterocycles. The van der Waals surface area contributed by atoms with Gasteiger partial charge in [-0.25, -0.2) is 0 Å². The number of para-hydroxylation sites is 1. The normalized spacial score (nSPS) is 15.2.